The summed E-state index contributed by atoms with van der Waals surface area (Å²) in [6.07, 6.45) is 0. The highest BCUT2D eigenvalue weighted by molar-refractivity contribution is 5.41. The van der Waals surface area contributed by atoms with E-state index in [2.05, 4.69) is 0 Å². The largest absolute Gasteiger partial charge is 0.490 e. The number of ether oxygens (including phenoxy) is 2. The lowest BCUT2D eigenvalue weighted by Crippen LogP contribution is -2.02. The Labute approximate surface area is 99.3 Å². The van der Waals surface area contributed by atoms with Crippen LogP contribution >= 0.6 is 0 Å². The van der Waals surface area contributed by atoms with Crippen LogP contribution in [-0.4, -0.2) is 7.11 Å². The molecule has 0 unspecified atom stereocenters. The predicted octanol–water partition coefficient (Wildman–Crippen LogP) is 2.85. The lowest BCUT2D eigenvalue weighted by atomic mass is 10.3. The fraction of sp³-hybridized carbons (Fsp3) is 0.0714. The minimum Gasteiger partial charge on any atom is -0.490 e. The molecule has 0 amide bonds. The molecular formula is C14H12O3. The van der Waals surface area contributed by atoms with Gasteiger partial charge in [-0.1, -0.05) is 30.3 Å². The second-order valence-electron chi connectivity index (χ2n) is 3.40. The monoisotopic (exact) mass is 228 g/mol. The van der Waals surface area contributed by atoms with Crippen molar-refractivity contribution in [2.75, 3.05) is 7.11 Å². The summed E-state index contributed by atoms with van der Waals surface area (Å²) in [5.41, 5.74) is -0.205. The van der Waals surface area contributed by atoms with E-state index < -0.39 is 0 Å². The third-order valence-corrected chi connectivity index (χ3v) is 2.23. The molecule has 0 N–H and O–H groups in total. The van der Waals surface area contributed by atoms with E-state index in [0.29, 0.717) is 11.5 Å². The molecule has 0 aliphatic rings. The van der Waals surface area contributed by atoms with Crippen molar-refractivity contribution in [2.24, 2.45) is 0 Å². The molecule has 0 spiro atoms. The quantitative estimate of drug-likeness (QED) is 0.810. The van der Waals surface area contributed by atoms with Crippen LogP contribution in [-0.2, 0) is 0 Å². The zero-order chi connectivity index (χ0) is 12.1. The fourth-order valence-corrected chi connectivity index (χ4v) is 1.46. The molecule has 3 heteroatoms. The lowest BCUT2D eigenvalue weighted by molar-refractivity contribution is 0.376. The van der Waals surface area contributed by atoms with Crippen molar-refractivity contribution in [1.29, 1.82) is 0 Å². The Kier molecular flexibility index (Phi) is 3.40. The Bertz CT molecular complexity index is 550. The Morgan fingerprint density at radius 3 is 2.24 bits per heavy atom. The van der Waals surface area contributed by atoms with Crippen LogP contribution in [0, 0.1) is 0 Å². The lowest BCUT2D eigenvalue weighted by Gasteiger charge is -2.06. The minimum absolute atomic E-state index is 0.205. The van der Waals surface area contributed by atoms with Crippen molar-refractivity contribution < 1.29 is 9.47 Å². The second-order valence-corrected chi connectivity index (χ2v) is 3.40. The van der Waals surface area contributed by atoms with Crippen LogP contribution in [0.4, 0.5) is 0 Å². The van der Waals surface area contributed by atoms with Gasteiger partial charge in [-0.3, -0.25) is 4.79 Å². The third-order valence-electron chi connectivity index (χ3n) is 2.23. The van der Waals surface area contributed by atoms with Gasteiger partial charge in [-0.15, -0.1) is 0 Å². The van der Waals surface area contributed by atoms with Gasteiger partial charge in [0.15, 0.2) is 5.75 Å². The highest BCUT2D eigenvalue weighted by Gasteiger charge is 2.07. The molecule has 0 aliphatic heterocycles. The maximum Gasteiger partial charge on any atom is 0.224 e. The first-order valence-corrected chi connectivity index (χ1v) is 5.21. The molecule has 17 heavy (non-hydrogen) atoms. The van der Waals surface area contributed by atoms with Crippen LogP contribution in [0.1, 0.15) is 0 Å². The number of rotatable bonds is 3. The predicted molar refractivity (Wildman–Crippen MR) is 65.8 cm³/mol. The van der Waals surface area contributed by atoms with E-state index in [1.54, 1.807) is 18.2 Å². The first kappa shape index (κ1) is 11.2. The van der Waals surface area contributed by atoms with Gasteiger partial charge in [-0.2, -0.15) is 0 Å². The first-order chi connectivity index (χ1) is 8.31. The summed E-state index contributed by atoms with van der Waals surface area (Å²) < 4.78 is 10.7. The number of methoxy groups -OCH3 is 1. The molecule has 86 valence electrons. The zero-order valence-corrected chi connectivity index (χ0v) is 9.42. The molecule has 0 aromatic heterocycles. The van der Waals surface area contributed by atoms with Crippen LogP contribution < -0.4 is 14.9 Å². The van der Waals surface area contributed by atoms with E-state index >= 15 is 0 Å². The van der Waals surface area contributed by atoms with Crippen LogP contribution in [0.15, 0.2) is 59.4 Å². The molecule has 0 saturated heterocycles. The Balaban J connectivity index is 2.43. The van der Waals surface area contributed by atoms with Crippen LogP contribution in [0.3, 0.4) is 0 Å². The van der Waals surface area contributed by atoms with Crippen molar-refractivity contribution in [2.45, 2.75) is 0 Å². The summed E-state index contributed by atoms with van der Waals surface area (Å²) in [6.45, 7) is 0. The van der Waals surface area contributed by atoms with Gasteiger partial charge in [0.2, 0.25) is 11.2 Å². The summed E-state index contributed by atoms with van der Waals surface area (Å²) in [5, 5.41) is 0. The fourth-order valence-electron chi connectivity index (χ4n) is 1.46. The van der Waals surface area contributed by atoms with Crippen molar-refractivity contribution in [3.8, 4) is 17.2 Å². The highest BCUT2D eigenvalue weighted by atomic mass is 16.5. The van der Waals surface area contributed by atoms with Gasteiger partial charge in [0.05, 0.1) is 7.11 Å². The van der Waals surface area contributed by atoms with Gasteiger partial charge in [-0.25, -0.2) is 0 Å². The van der Waals surface area contributed by atoms with E-state index in [1.165, 1.54) is 13.2 Å². The van der Waals surface area contributed by atoms with E-state index in [-0.39, 0.29) is 11.2 Å². The smallest absolute Gasteiger partial charge is 0.224 e. The minimum atomic E-state index is -0.205. The van der Waals surface area contributed by atoms with E-state index in [1.807, 2.05) is 30.3 Å². The maximum atomic E-state index is 11.7. The number of para-hydroxylation sites is 1. The van der Waals surface area contributed by atoms with Gasteiger partial charge >= 0.3 is 0 Å². The molecular weight excluding hydrogens is 216 g/mol. The molecule has 0 heterocycles. The van der Waals surface area contributed by atoms with E-state index in [9.17, 15) is 4.79 Å². The number of benzene rings is 1. The zero-order valence-electron chi connectivity index (χ0n) is 9.42. The van der Waals surface area contributed by atoms with Crippen LogP contribution in [0.25, 0.3) is 0 Å². The molecule has 0 radical (unpaired) electrons. The summed E-state index contributed by atoms with van der Waals surface area (Å²) in [4.78, 5) is 11.7. The molecule has 2 aromatic carbocycles. The topological polar surface area (TPSA) is 35.5 Å². The first-order valence-electron chi connectivity index (χ1n) is 5.21. The Hall–Kier alpha value is -2.29. The summed E-state index contributed by atoms with van der Waals surface area (Å²) in [5.74, 6) is 1.28. The van der Waals surface area contributed by atoms with Gasteiger partial charge in [-0.05, 0) is 24.3 Å². The summed E-state index contributed by atoms with van der Waals surface area (Å²) >= 11 is 0. The Morgan fingerprint density at radius 1 is 0.882 bits per heavy atom. The molecule has 0 saturated carbocycles. The van der Waals surface area contributed by atoms with Crippen molar-refractivity contribution in [3.63, 3.8) is 0 Å². The van der Waals surface area contributed by atoms with Crippen molar-refractivity contribution in [1.82, 2.24) is 0 Å². The van der Waals surface area contributed by atoms with Gasteiger partial charge in [0, 0.05) is 0 Å². The Morgan fingerprint density at radius 2 is 1.53 bits per heavy atom. The summed E-state index contributed by atoms with van der Waals surface area (Å²) in [6, 6.07) is 15.8. The normalized spacial score (nSPS) is 9.71. The molecule has 0 aliphatic carbocycles. The average molecular weight is 228 g/mol. The third kappa shape index (κ3) is 2.64. The number of hydrogen-bond acceptors (Lipinski definition) is 3. The molecule has 0 bridgehead atoms. The summed E-state index contributed by atoms with van der Waals surface area (Å²) in [7, 11) is 1.45. The van der Waals surface area contributed by atoms with E-state index in [0.717, 1.165) is 0 Å². The number of hydrogen-bond donors (Lipinski definition) is 0. The van der Waals surface area contributed by atoms with Crippen molar-refractivity contribution >= 4 is 0 Å². The van der Waals surface area contributed by atoms with Gasteiger partial charge in [0.1, 0.15) is 5.75 Å². The molecule has 2 aromatic rings. The molecule has 2 rings (SSSR count). The maximum absolute atomic E-state index is 11.7. The highest BCUT2D eigenvalue weighted by Crippen LogP contribution is 2.27. The molecule has 0 fully saturated rings. The van der Waals surface area contributed by atoms with Crippen molar-refractivity contribution in [3.05, 3.63) is 64.8 Å². The SMILES string of the molecule is COc1c(Oc2ccccc2)ccccc1=O. The van der Waals surface area contributed by atoms with E-state index in [4.69, 9.17) is 9.47 Å². The van der Waals surface area contributed by atoms with Crippen LogP contribution in [0.2, 0.25) is 0 Å². The van der Waals surface area contributed by atoms with Gasteiger partial charge in [0.25, 0.3) is 0 Å². The molecule has 3 nitrogen and oxygen atoms in total. The van der Waals surface area contributed by atoms with Gasteiger partial charge < -0.3 is 9.47 Å². The standard InChI is InChI=1S/C14H12O3/c1-16-14-12(15)9-5-6-10-13(14)17-11-7-3-2-4-8-11/h2-10H,1H3. The average Bonchev–Trinajstić information content (AvgIpc) is 2.52. The van der Waals surface area contributed by atoms with Crippen LogP contribution in [0.5, 0.6) is 17.2 Å². The molecule has 0 atom stereocenters. The second kappa shape index (κ2) is 5.16.